The van der Waals surface area contributed by atoms with Gasteiger partial charge in [-0.1, -0.05) is 108 Å². The van der Waals surface area contributed by atoms with Gasteiger partial charge in [0, 0.05) is 22.3 Å². The van der Waals surface area contributed by atoms with Crippen molar-refractivity contribution >= 4 is 23.9 Å². The van der Waals surface area contributed by atoms with E-state index in [2.05, 4.69) is 94.8 Å². The number of aliphatic hydroxyl groups excluding tert-OH is 1. The summed E-state index contributed by atoms with van der Waals surface area (Å²) in [4.78, 5) is 49.7. The van der Waals surface area contributed by atoms with E-state index in [0.717, 1.165) is 40.2 Å². The highest BCUT2D eigenvalue weighted by molar-refractivity contribution is 5.88. The molecule has 0 unspecified atom stereocenters. The number of rotatable bonds is 29. The van der Waals surface area contributed by atoms with E-state index in [1.165, 1.54) is 81.9 Å². The number of ether oxygens (including phenoxy) is 5. The molecule has 1 saturated carbocycles. The third-order valence-corrected chi connectivity index (χ3v) is 13.1. The van der Waals surface area contributed by atoms with Crippen LogP contribution >= 0.6 is 0 Å². The minimum absolute atomic E-state index is 0.0401. The van der Waals surface area contributed by atoms with Gasteiger partial charge in [0.1, 0.15) is 19.0 Å². The first-order valence-corrected chi connectivity index (χ1v) is 24.9. The quantitative estimate of drug-likeness (QED) is 0.0310. The lowest BCUT2D eigenvalue weighted by Gasteiger charge is -2.31. The maximum atomic E-state index is 12.5. The van der Waals surface area contributed by atoms with Crippen molar-refractivity contribution in [2.24, 2.45) is 11.3 Å². The van der Waals surface area contributed by atoms with E-state index in [0.29, 0.717) is 48.5 Å². The van der Waals surface area contributed by atoms with Crippen LogP contribution in [-0.2, 0) is 57.4 Å². The first-order valence-electron chi connectivity index (χ1n) is 24.9. The minimum atomic E-state index is -1.21. The molecule has 0 radical (unpaired) electrons. The Balaban J connectivity index is 1.70. The van der Waals surface area contributed by atoms with Gasteiger partial charge in [0.2, 0.25) is 0 Å². The van der Waals surface area contributed by atoms with Crippen molar-refractivity contribution in [1.82, 2.24) is 0 Å². The topological polar surface area (TPSA) is 135 Å². The maximum Gasteiger partial charge on any atom is 0.333 e. The van der Waals surface area contributed by atoms with Crippen LogP contribution in [0, 0.1) is 11.3 Å². The normalized spacial score (nSPS) is 14.6. The molecule has 4 rings (SSSR count). The lowest BCUT2D eigenvalue weighted by atomic mass is 9.77. The minimum Gasteiger partial charge on any atom is -0.493 e. The molecule has 1 N–H and O–H groups in total. The lowest BCUT2D eigenvalue weighted by Crippen LogP contribution is -2.39. The summed E-state index contributed by atoms with van der Waals surface area (Å²) in [6.07, 6.45) is 13.4. The van der Waals surface area contributed by atoms with Crippen LogP contribution in [0.2, 0.25) is 0 Å². The number of hydrogen-bond donors (Lipinski definition) is 1. The molecule has 0 bridgehead atoms. The monoisotopic (exact) mass is 947 g/mol. The average Bonchev–Trinajstić information content (AvgIpc) is 3.34. The van der Waals surface area contributed by atoms with Crippen molar-refractivity contribution in [3.63, 3.8) is 0 Å². The first kappa shape index (κ1) is 55.9. The highest BCUT2D eigenvalue weighted by atomic mass is 16.6. The Morgan fingerprint density at radius 3 is 1.57 bits per heavy atom. The van der Waals surface area contributed by atoms with Crippen molar-refractivity contribution in [3.05, 3.63) is 125 Å². The molecule has 0 heterocycles. The van der Waals surface area contributed by atoms with Crippen LogP contribution in [0.3, 0.4) is 0 Å². The summed E-state index contributed by atoms with van der Waals surface area (Å²) in [6.45, 7) is 24.8. The summed E-state index contributed by atoms with van der Waals surface area (Å²) in [5.74, 6) is -0.115. The molecule has 69 heavy (non-hydrogen) atoms. The summed E-state index contributed by atoms with van der Waals surface area (Å²) in [7, 11) is 0. The smallest absolute Gasteiger partial charge is 0.333 e. The van der Waals surface area contributed by atoms with Gasteiger partial charge in [0.05, 0.1) is 31.8 Å². The van der Waals surface area contributed by atoms with E-state index >= 15 is 0 Å². The molecule has 3 aromatic carbocycles. The summed E-state index contributed by atoms with van der Waals surface area (Å²) in [6, 6.07) is 20.0. The Hall–Kier alpha value is -5.74. The van der Waals surface area contributed by atoms with Gasteiger partial charge >= 0.3 is 23.9 Å². The van der Waals surface area contributed by atoms with Crippen LogP contribution in [0.4, 0.5) is 0 Å². The standard InChI is InChI=1S/C59H78O10/c1-11-13-14-17-44-20-22-46(23-21-44)47-24-26-48(27-25-47)49-28-29-53(45(12-2)34-49)52-35-50(18-15-31-66-55(61)40(3)4)54(51(36-52)19-16-32-67-56(62)41(5)6)65-33-30-59(37-60,38-68-57(63)42(7)8)39-69-58(64)43(9)10/h24-29,34-36,44,46,60H,3,5,7,9,11-23,30-33,37-39H2,1-2,4,6,8,10H3. The van der Waals surface area contributed by atoms with E-state index in [-0.39, 0.29) is 50.6 Å². The molecule has 0 aliphatic heterocycles. The number of unbranched alkanes of at least 4 members (excludes halogenated alkanes) is 2. The molecular weight excluding hydrogens is 869 g/mol. The van der Waals surface area contributed by atoms with E-state index in [1.807, 2.05) is 0 Å². The predicted molar refractivity (Wildman–Crippen MR) is 275 cm³/mol. The highest BCUT2D eigenvalue weighted by Crippen LogP contribution is 2.40. The van der Waals surface area contributed by atoms with Gasteiger partial charge in [-0.3, -0.25) is 0 Å². The van der Waals surface area contributed by atoms with Crippen LogP contribution in [-0.4, -0.2) is 68.6 Å². The third-order valence-electron chi connectivity index (χ3n) is 13.1. The fourth-order valence-corrected chi connectivity index (χ4v) is 8.74. The molecule has 3 aromatic rings. The first-order chi connectivity index (χ1) is 33.0. The fourth-order valence-electron chi connectivity index (χ4n) is 8.74. The zero-order valence-corrected chi connectivity index (χ0v) is 42.4. The van der Waals surface area contributed by atoms with Crippen molar-refractivity contribution < 1.29 is 48.0 Å². The second-order valence-electron chi connectivity index (χ2n) is 19.2. The Labute approximate surface area is 412 Å². The number of carbonyl (C=O) groups is 4. The summed E-state index contributed by atoms with van der Waals surface area (Å²) < 4.78 is 28.7. The molecule has 0 aromatic heterocycles. The van der Waals surface area contributed by atoms with Crippen LogP contribution in [0.25, 0.3) is 22.3 Å². The zero-order chi connectivity index (χ0) is 50.5. The maximum absolute atomic E-state index is 12.5. The molecule has 1 aliphatic rings. The van der Waals surface area contributed by atoms with Gasteiger partial charge in [-0.05, 0) is 160 Å². The Morgan fingerprint density at radius 2 is 1.09 bits per heavy atom. The van der Waals surface area contributed by atoms with Crippen LogP contribution in [0.5, 0.6) is 5.75 Å². The summed E-state index contributed by atoms with van der Waals surface area (Å²) >= 11 is 0. The largest absolute Gasteiger partial charge is 0.493 e. The van der Waals surface area contributed by atoms with Crippen LogP contribution in [0.1, 0.15) is 140 Å². The predicted octanol–water partition coefficient (Wildman–Crippen LogP) is 12.5. The number of aryl methyl sites for hydroxylation is 3. The van der Waals surface area contributed by atoms with Crippen molar-refractivity contribution in [3.8, 4) is 28.0 Å². The van der Waals surface area contributed by atoms with Gasteiger partial charge < -0.3 is 28.8 Å². The van der Waals surface area contributed by atoms with Crippen molar-refractivity contribution in [2.45, 2.75) is 137 Å². The molecule has 1 aliphatic carbocycles. The highest BCUT2D eigenvalue weighted by Gasteiger charge is 2.34. The zero-order valence-electron chi connectivity index (χ0n) is 42.4. The molecular formula is C59H78O10. The van der Waals surface area contributed by atoms with Crippen LogP contribution < -0.4 is 4.74 Å². The number of esters is 4. The third kappa shape index (κ3) is 17.3. The Morgan fingerprint density at radius 1 is 0.594 bits per heavy atom. The lowest BCUT2D eigenvalue weighted by molar-refractivity contribution is -0.152. The number of hydrogen-bond acceptors (Lipinski definition) is 10. The number of carbonyl (C=O) groups excluding carboxylic acids is 4. The fraction of sp³-hybridized carbons (Fsp3) is 0.492. The molecule has 10 nitrogen and oxygen atoms in total. The van der Waals surface area contributed by atoms with Crippen LogP contribution in [0.15, 0.2) is 103 Å². The molecule has 0 saturated heterocycles. The van der Waals surface area contributed by atoms with Crippen molar-refractivity contribution in [1.29, 1.82) is 0 Å². The van der Waals surface area contributed by atoms with E-state index in [9.17, 15) is 24.3 Å². The van der Waals surface area contributed by atoms with Gasteiger partial charge in [0.15, 0.2) is 0 Å². The van der Waals surface area contributed by atoms with E-state index in [1.54, 1.807) is 13.8 Å². The SMILES string of the molecule is C=C(C)C(=O)OCCCc1cc(-c2ccc(-c3ccc(C4CCC(CCCCC)CC4)cc3)cc2CC)cc(CCCOC(=O)C(=C)C)c1OCCC(CO)(COC(=O)C(=C)C)COC(=O)C(=C)C. The average molecular weight is 947 g/mol. The molecule has 1 fully saturated rings. The molecule has 10 heteroatoms. The van der Waals surface area contributed by atoms with E-state index < -0.39 is 35.9 Å². The van der Waals surface area contributed by atoms with Gasteiger partial charge in [0.25, 0.3) is 0 Å². The molecule has 0 spiro atoms. The molecule has 0 atom stereocenters. The second kappa shape index (κ2) is 28.1. The van der Waals surface area contributed by atoms with Gasteiger partial charge in [-0.15, -0.1) is 0 Å². The van der Waals surface area contributed by atoms with Crippen molar-refractivity contribution in [2.75, 3.05) is 39.6 Å². The number of aliphatic hydroxyl groups is 1. The second-order valence-corrected chi connectivity index (χ2v) is 19.2. The molecule has 374 valence electrons. The summed E-state index contributed by atoms with van der Waals surface area (Å²) in [5.41, 5.74) is 8.50. The number of benzene rings is 3. The molecule has 0 amide bonds. The van der Waals surface area contributed by atoms with E-state index in [4.69, 9.17) is 23.7 Å². The van der Waals surface area contributed by atoms with Gasteiger partial charge in [-0.2, -0.15) is 0 Å². The Kier molecular flexibility index (Phi) is 22.7. The summed E-state index contributed by atoms with van der Waals surface area (Å²) in [5, 5.41) is 10.8. The van der Waals surface area contributed by atoms with Gasteiger partial charge in [-0.25, -0.2) is 19.2 Å². The Bertz CT molecular complexity index is 2170.